The molecule has 0 aliphatic rings. The molecule has 2 N–H and O–H groups in total. The second-order valence-corrected chi connectivity index (χ2v) is 7.29. The van der Waals surface area contributed by atoms with Gasteiger partial charge < -0.3 is 9.72 Å². The van der Waals surface area contributed by atoms with E-state index in [1.807, 2.05) is 38.2 Å². The zero-order chi connectivity index (χ0) is 19.4. The number of H-pyrrole nitrogens is 1. The summed E-state index contributed by atoms with van der Waals surface area (Å²) in [4.78, 5) is 12.8. The number of fused-ring (bicyclic) bond motifs is 1. The lowest BCUT2D eigenvalue weighted by Crippen LogP contribution is -2.11. The second-order valence-electron chi connectivity index (χ2n) is 6.00. The van der Waals surface area contributed by atoms with Crippen molar-refractivity contribution in [3.63, 3.8) is 0 Å². The van der Waals surface area contributed by atoms with Gasteiger partial charge in [-0.05, 0) is 30.5 Å². The number of hydrogen-bond donors (Lipinski definition) is 2. The standard InChI is InChI=1S/C18H19ClF2N4OS/c1-3-10(2)17-14(26-9-16(20)21)7-23-18(24-17)25-27-15-8-22-13-6-11(19)4-5-12(13)15/h4-8,10,16,22H,3,9H2,1-2H3,(H,23,24,25). The van der Waals surface area contributed by atoms with Crippen LogP contribution in [0.15, 0.2) is 35.5 Å². The van der Waals surface area contributed by atoms with Crippen molar-refractivity contribution in [3.05, 3.63) is 41.3 Å². The third-order valence-corrected chi connectivity index (χ3v) is 5.16. The average Bonchev–Trinajstić information content (AvgIpc) is 3.06. The molecule has 0 spiro atoms. The zero-order valence-corrected chi connectivity index (χ0v) is 16.4. The van der Waals surface area contributed by atoms with E-state index in [1.54, 1.807) is 0 Å². The summed E-state index contributed by atoms with van der Waals surface area (Å²) in [6.45, 7) is 3.30. The predicted molar refractivity (Wildman–Crippen MR) is 105 cm³/mol. The lowest BCUT2D eigenvalue weighted by molar-refractivity contribution is 0.0808. The average molecular weight is 413 g/mol. The molecular weight excluding hydrogens is 394 g/mol. The molecule has 144 valence electrons. The molecule has 0 amide bonds. The first-order valence-electron chi connectivity index (χ1n) is 8.45. The van der Waals surface area contributed by atoms with Gasteiger partial charge in [0.15, 0.2) is 5.75 Å². The first-order chi connectivity index (χ1) is 13.0. The molecule has 0 aliphatic heterocycles. The Bertz CT molecular complexity index is 922. The van der Waals surface area contributed by atoms with E-state index in [4.69, 9.17) is 16.3 Å². The Morgan fingerprint density at radius 1 is 1.37 bits per heavy atom. The first kappa shape index (κ1) is 19.7. The molecule has 0 saturated carbocycles. The van der Waals surface area contributed by atoms with Crippen LogP contribution in [0.1, 0.15) is 31.9 Å². The highest BCUT2D eigenvalue weighted by atomic mass is 35.5. The monoisotopic (exact) mass is 412 g/mol. The van der Waals surface area contributed by atoms with Gasteiger partial charge in [-0.1, -0.05) is 31.5 Å². The van der Waals surface area contributed by atoms with Crippen LogP contribution in [0.3, 0.4) is 0 Å². The Morgan fingerprint density at radius 2 is 2.19 bits per heavy atom. The van der Waals surface area contributed by atoms with Crippen LogP contribution in [0.4, 0.5) is 14.7 Å². The van der Waals surface area contributed by atoms with Crippen LogP contribution in [0, 0.1) is 0 Å². The molecule has 0 saturated heterocycles. The van der Waals surface area contributed by atoms with Crippen molar-refractivity contribution in [2.24, 2.45) is 0 Å². The molecule has 0 bridgehead atoms. The van der Waals surface area contributed by atoms with E-state index in [9.17, 15) is 8.78 Å². The van der Waals surface area contributed by atoms with Crippen molar-refractivity contribution >= 4 is 40.4 Å². The number of benzene rings is 1. The largest absolute Gasteiger partial charge is 0.484 e. The molecule has 27 heavy (non-hydrogen) atoms. The highest BCUT2D eigenvalue weighted by Gasteiger charge is 2.16. The maximum absolute atomic E-state index is 12.5. The minimum absolute atomic E-state index is 0.0569. The number of ether oxygens (including phenoxy) is 1. The van der Waals surface area contributed by atoms with Gasteiger partial charge in [-0.3, -0.25) is 4.72 Å². The number of rotatable bonds is 8. The molecule has 1 unspecified atom stereocenters. The fourth-order valence-electron chi connectivity index (χ4n) is 2.50. The van der Waals surface area contributed by atoms with Gasteiger partial charge in [0.25, 0.3) is 6.43 Å². The van der Waals surface area contributed by atoms with Crippen molar-refractivity contribution < 1.29 is 13.5 Å². The third-order valence-electron chi connectivity index (χ3n) is 4.08. The molecule has 0 radical (unpaired) electrons. The van der Waals surface area contributed by atoms with E-state index >= 15 is 0 Å². The third kappa shape index (κ3) is 4.81. The van der Waals surface area contributed by atoms with Crippen molar-refractivity contribution in [3.8, 4) is 5.75 Å². The Hall–Kier alpha value is -2.06. The molecule has 1 aromatic carbocycles. The van der Waals surface area contributed by atoms with Gasteiger partial charge >= 0.3 is 0 Å². The van der Waals surface area contributed by atoms with Gasteiger partial charge in [-0.25, -0.2) is 18.7 Å². The normalized spacial score (nSPS) is 12.5. The minimum Gasteiger partial charge on any atom is -0.484 e. The summed E-state index contributed by atoms with van der Waals surface area (Å²) in [6.07, 6.45) is 1.57. The van der Waals surface area contributed by atoms with Crippen molar-refractivity contribution in [1.82, 2.24) is 15.0 Å². The summed E-state index contributed by atoms with van der Waals surface area (Å²) >= 11 is 7.36. The quantitative estimate of drug-likeness (QED) is 0.452. The molecule has 0 fully saturated rings. The first-order valence-corrected chi connectivity index (χ1v) is 9.64. The molecule has 0 aliphatic carbocycles. The van der Waals surface area contributed by atoms with Crippen molar-refractivity contribution in [2.75, 3.05) is 11.3 Å². The molecule has 5 nitrogen and oxygen atoms in total. The zero-order valence-electron chi connectivity index (χ0n) is 14.8. The van der Waals surface area contributed by atoms with E-state index in [0.29, 0.717) is 22.4 Å². The molecule has 2 heterocycles. The van der Waals surface area contributed by atoms with Crippen LogP contribution < -0.4 is 9.46 Å². The van der Waals surface area contributed by atoms with E-state index in [-0.39, 0.29) is 5.92 Å². The van der Waals surface area contributed by atoms with Gasteiger partial charge in [0.1, 0.15) is 6.61 Å². The lowest BCUT2D eigenvalue weighted by Gasteiger charge is -2.15. The van der Waals surface area contributed by atoms with Gasteiger partial charge in [-0.2, -0.15) is 0 Å². The number of nitrogens with zero attached hydrogens (tertiary/aromatic N) is 2. The van der Waals surface area contributed by atoms with Crippen LogP contribution in [0.5, 0.6) is 5.75 Å². The summed E-state index contributed by atoms with van der Waals surface area (Å²) in [5.74, 6) is 0.742. The van der Waals surface area contributed by atoms with Gasteiger partial charge in [0.05, 0.1) is 16.8 Å². The minimum atomic E-state index is -2.54. The van der Waals surface area contributed by atoms with Crippen LogP contribution >= 0.6 is 23.5 Å². The Balaban J connectivity index is 1.77. The van der Waals surface area contributed by atoms with Crippen LogP contribution in [0.25, 0.3) is 10.9 Å². The number of halogens is 3. The number of alkyl halides is 2. The van der Waals surface area contributed by atoms with Gasteiger partial charge in [-0.15, -0.1) is 0 Å². The SMILES string of the molecule is CCC(C)c1nc(NSc2c[nH]c3cc(Cl)ccc23)ncc1OCC(F)F. The number of aromatic nitrogens is 3. The Labute approximate surface area is 165 Å². The topological polar surface area (TPSA) is 62.8 Å². The molecule has 3 aromatic rings. The summed E-state index contributed by atoms with van der Waals surface area (Å²) in [5.41, 5.74) is 1.55. The fourth-order valence-corrected chi connectivity index (χ4v) is 3.38. The summed E-state index contributed by atoms with van der Waals surface area (Å²) in [6, 6.07) is 5.62. The van der Waals surface area contributed by atoms with Crippen molar-refractivity contribution in [1.29, 1.82) is 0 Å². The second kappa shape index (κ2) is 8.75. The lowest BCUT2D eigenvalue weighted by atomic mass is 10.0. The van der Waals surface area contributed by atoms with Crippen LogP contribution in [0.2, 0.25) is 5.02 Å². The molecule has 3 rings (SSSR count). The van der Waals surface area contributed by atoms with E-state index in [1.165, 1.54) is 18.1 Å². The summed E-state index contributed by atoms with van der Waals surface area (Å²) < 4.78 is 33.2. The van der Waals surface area contributed by atoms with Gasteiger partial charge in [0.2, 0.25) is 5.95 Å². The smallest absolute Gasteiger partial charge is 0.272 e. The molecule has 2 aromatic heterocycles. The van der Waals surface area contributed by atoms with E-state index in [2.05, 4.69) is 19.7 Å². The van der Waals surface area contributed by atoms with Gasteiger partial charge in [0, 0.05) is 28.0 Å². The summed E-state index contributed by atoms with van der Waals surface area (Å²) in [7, 11) is 0. The van der Waals surface area contributed by atoms with Crippen LogP contribution in [-0.2, 0) is 0 Å². The maximum atomic E-state index is 12.5. The number of aromatic amines is 1. The molecular formula is C18H19ClF2N4OS. The number of hydrogen-bond acceptors (Lipinski definition) is 5. The highest BCUT2D eigenvalue weighted by Crippen LogP contribution is 2.31. The van der Waals surface area contributed by atoms with E-state index < -0.39 is 13.0 Å². The van der Waals surface area contributed by atoms with E-state index in [0.717, 1.165) is 22.2 Å². The summed E-state index contributed by atoms with van der Waals surface area (Å²) in [5, 5.41) is 1.69. The molecule has 9 heteroatoms. The number of nitrogens with one attached hydrogen (secondary N) is 2. The number of anilines is 1. The predicted octanol–water partition coefficient (Wildman–Crippen LogP) is 5.89. The Kier molecular flexibility index (Phi) is 6.38. The maximum Gasteiger partial charge on any atom is 0.272 e. The van der Waals surface area contributed by atoms with Crippen molar-refractivity contribution in [2.45, 2.75) is 37.5 Å². The fraction of sp³-hybridized carbons (Fsp3) is 0.333. The van der Waals surface area contributed by atoms with Crippen LogP contribution in [-0.4, -0.2) is 28.0 Å². The highest BCUT2D eigenvalue weighted by molar-refractivity contribution is 8.00. The molecule has 1 atom stereocenters. The Morgan fingerprint density at radius 3 is 2.93 bits per heavy atom.